The fourth-order valence-corrected chi connectivity index (χ4v) is 2.05. The maximum absolute atomic E-state index is 12.4. The van der Waals surface area contributed by atoms with Gasteiger partial charge in [0.1, 0.15) is 5.82 Å². The zero-order chi connectivity index (χ0) is 14.8. The molecule has 0 aliphatic carbocycles. The summed E-state index contributed by atoms with van der Waals surface area (Å²) in [5.41, 5.74) is 0.548. The Balaban J connectivity index is 2.05. The number of rotatable bonds is 2. The smallest absolute Gasteiger partial charge is 0.326 e. The lowest BCUT2D eigenvalue weighted by Crippen LogP contribution is -2.33. The second kappa shape index (κ2) is 5.20. The summed E-state index contributed by atoms with van der Waals surface area (Å²) in [5.74, 6) is -0.277. The lowest BCUT2D eigenvalue weighted by molar-refractivity contribution is 0.0428. The standard InChI is InChI=1S/C16H12N2O3/c1-11-17-14-10-6-5-9-13(14)15(19)18(11)21-16(20)12-7-3-2-4-8-12/h2-10H,1H3. The molecule has 0 spiro atoms. The number of hydrogen-bond donors (Lipinski definition) is 0. The van der Waals surface area contributed by atoms with E-state index in [1.54, 1.807) is 61.5 Å². The quantitative estimate of drug-likeness (QED) is 0.720. The molecule has 0 radical (unpaired) electrons. The third kappa shape index (κ3) is 2.41. The van der Waals surface area contributed by atoms with Crippen LogP contribution in [-0.2, 0) is 0 Å². The van der Waals surface area contributed by atoms with Crippen LogP contribution in [0.5, 0.6) is 0 Å². The first-order valence-corrected chi connectivity index (χ1v) is 6.43. The Labute approximate surface area is 120 Å². The van der Waals surface area contributed by atoms with Crippen molar-refractivity contribution in [2.45, 2.75) is 6.92 Å². The number of aromatic nitrogens is 2. The SMILES string of the molecule is Cc1nc2ccccc2c(=O)n1OC(=O)c1ccccc1. The third-order valence-corrected chi connectivity index (χ3v) is 3.08. The van der Waals surface area contributed by atoms with E-state index in [9.17, 15) is 9.59 Å². The third-order valence-electron chi connectivity index (χ3n) is 3.08. The van der Waals surface area contributed by atoms with E-state index in [1.165, 1.54) is 0 Å². The van der Waals surface area contributed by atoms with E-state index in [2.05, 4.69) is 4.98 Å². The number of hydrogen-bond acceptors (Lipinski definition) is 4. The van der Waals surface area contributed by atoms with Crippen LogP contribution in [0.1, 0.15) is 16.2 Å². The average molecular weight is 280 g/mol. The number of aryl methyl sites for hydroxylation is 1. The second-order valence-electron chi connectivity index (χ2n) is 4.52. The molecule has 0 atom stereocenters. The van der Waals surface area contributed by atoms with E-state index in [0.717, 1.165) is 4.73 Å². The molecule has 0 amide bonds. The van der Waals surface area contributed by atoms with E-state index in [-0.39, 0.29) is 0 Å². The summed E-state index contributed by atoms with van der Waals surface area (Å²) in [6.07, 6.45) is 0. The molecule has 0 unspecified atom stereocenters. The number of carbonyl (C=O) groups excluding carboxylic acids is 1. The molecular formula is C16H12N2O3. The molecule has 0 aliphatic rings. The average Bonchev–Trinajstić information content (AvgIpc) is 2.52. The number of para-hydroxylation sites is 1. The Kier molecular flexibility index (Phi) is 3.23. The highest BCUT2D eigenvalue weighted by Crippen LogP contribution is 2.07. The minimum atomic E-state index is -0.599. The second-order valence-corrected chi connectivity index (χ2v) is 4.52. The minimum absolute atomic E-state index is 0.322. The number of carbonyl (C=O) groups is 1. The van der Waals surface area contributed by atoms with Crippen molar-refractivity contribution in [1.82, 2.24) is 9.71 Å². The van der Waals surface area contributed by atoms with Crippen LogP contribution in [-0.4, -0.2) is 15.7 Å². The van der Waals surface area contributed by atoms with Crippen LogP contribution in [0.2, 0.25) is 0 Å². The van der Waals surface area contributed by atoms with Crippen molar-refractivity contribution in [3.63, 3.8) is 0 Å². The maximum Gasteiger partial charge on any atom is 0.363 e. The molecular weight excluding hydrogens is 268 g/mol. The molecule has 2 aromatic carbocycles. The number of benzene rings is 2. The van der Waals surface area contributed by atoms with Crippen LogP contribution >= 0.6 is 0 Å². The summed E-state index contributed by atoms with van der Waals surface area (Å²) < 4.78 is 0.928. The van der Waals surface area contributed by atoms with Gasteiger partial charge in [-0.1, -0.05) is 30.3 Å². The molecule has 104 valence electrons. The fourth-order valence-electron chi connectivity index (χ4n) is 2.05. The van der Waals surface area contributed by atoms with Gasteiger partial charge in [0, 0.05) is 0 Å². The molecule has 0 bridgehead atoms. The summed E-state index contributed by atoms with van der Waals surface area (Å²) in [5, 5.41) is 0.406. The van der Waals surface area contributed by atoms with E-state index in [4.69, 9.17) is 4.84 Å². The van der Waals surface area contributed by atoms with Crippen LogP contribution in [0.25, 0.3) is 10.9 Å². The molecule has 5 heteroatoms. The highest BCUT2D eigenvalue weighted by molar-refractivity contribution is 5.89. The Bertz CT molecular complexity index is 870. The summed E-state index contributed by atoms with van der Waals surface area (Å²) in [6, 6.07) is 15.4. The number of nitrogens with zero attached hydrogens (tertiary/aromatic N) is 2. The zero-order valence-electron chi connectivity index (χ0n) is 11.3. The maximum atomic E-state index is 12.4. The fraction of sp³-hybridized carbons (Fsp3) is 0.0625. The predicted molar refractivity (Wildman–Crippen MR) is 78.1 cm³/mol. The largest absolute Gasteiger partial charge is 0.363 e. The first kappa shape index (κ1) is 13.1. The van der Waals surface area contributed by atoms with Crippen molar-refractivity contribution in [3.05, 3.63) is 76.3 Å². The van der Waals surface area contributed by atoms with Gasteiger partial charge in [0.05, 0.1) is 16.5 Å². The molecule has 0 N–H and O–H groups in total. The normalized spacial score (nSPS) is 10.5. The predicted octanol–water partition coefficient (Wildman–Crippen LogP) is 1.97. The monoisotopic (exact) mass is 280 g/mol. The minimum Gasteiger partial charge on any atom is -0.326 e. The highest BCUT2D eigenvalue weighted by atomic mass is 16.7. The molecule has 3 aromatic rings. The van der Waals surface area contributed by atoms with Gasteiger partial charge in [-0.2, -0.15) is 0 Å². The molecule has 0 fully saturated rings. The van der Waals surface area contributed by atoms with Gasteiger partial charge in [-0.25, -0.2) is 9.78 Å². The summed E-state index contributed by atoms with van der Waals surface area (Å²) in [7, 11) is 0. The summed E-state index contributed by atoms with van der Waals surface area (Å²) >= 11 is 0. The van der Waals surface area contributed by atoms with Crippen molar-refractivity contribution < 1.29 is 9.63 Å². The molecule has 1 aromatic heterocycles. The molecule has 0 aliphatic heterocycles. The van der Waals surface area contributed by atoms with Crippen LogP contribution < -0.4 is 10.4 Å². The lowest BCUT2D eigenvalue weighted by atomic mass is 10.2. The molecule has 21 heavy (non-hydrogen) atoms. The molecule has 0 saturated carbocycles. The van der Waals surface area contributed by atoms with Gasteiger partial charge in [-0.3, -0.25) is 4.79 Å². The van der Waals surface area contributed by atoms with E-state index in [1.807, 2.05) is 0 Å². The first-order valence-electron chi connectivity index (χ1n) is 6.43. The van der Waals surface area contributed by atoms with E-state index >= 15 is 0 Å². The molecule has 0 saturated heterocycles. The van der Waals surface area contributed by atoms with Crippen molar-refractivity contribution in [3.8, 4) is 0 Å². The van der Waals surface area contributed by atoms with Crippen molar-refractivity contribution in [2.75, 3.05) is 0 Å². The summed E-state index contributed by atoms with van der Waals surface area (Å²) in [4.78, 5) is 33.8. The molecule has 1 heterocycles. The number of fused-ring (bicyclic) bond motifs is 1. The van der Waals surface area contributed by atoms with E-state index < -0.39 is 11.5 Å². The van der Waals surface area contributed by atoms with Crippen LogP contribution in [0.3, 0.4) is 0 Å². The van der Waals surface area contributed by atoms with Gasteiger partial charge in [0.15, 0.2) is 0 Å². The Morgan fingerprint density at radius 3 is 2.48 bits per heavy atom. The first-order chi connectivity index (χ1) is 10.2. The van der Waals surface area contributed by atoms with Gasteiger partial charge in [0.2, 0.25) is 0 Å². The van der Waals surface area contributed by atoms with Gasteiger partial charge < -0.3 is 4.84 Å². The van der Waals surface area contributed by atoms with Crippen LogP contribution in [0, 0.1) is 6.92 Å². The zero-order valence-corrected chi connectivity index (χ0v) is 11.3. The van der Waals surface area contributed by atoms with Gasteiger partial charge in [-0.05, 0) is 31.2 Å². The van der Waals surface area contributed by atoms with E-state index in [0.29, 0.717) is 22.3 Å². The Morgan fingerprint density at radius 1 is 1.05 bits per heavy atom. The Morgan fingerprint density at radius 2 is 1.71 bits per heavy atom. The van der Waals surface area contributed by atoms with Crippen LogP contribution in [0.15, 0.2) is 59.4 Å². The summed E-state index contributed by atoms with van der Waals surface area (Å²) in [6.45, 7) is 1.62. The van der Waals surface area contributed by atoms with Gasteiger partial charge in [0.25, 0.3) is 5.56 Å². The molecule has 3 rings (SSSR count). The van der Waals surface area contributed by atoms with Gasteiger partial charge >= 0.3 is 5.97 Å². The lowest BCUT2D eigenvalue weighted by Gasteiger charge is -2.10. The molecule has 5 nitrogen and oxygen atoms in total. The highest BCUT2D eigenvalue weighted by Gasteiger charge is 2.13. The van der Waals surface area contributed by atoms with Gasteiger partial charge in [-0.15, -0.1) is 4.73 Å². The van der Waals surface area contributed by atoms with Crippen molar-refractivity contribution in [1.29, 1.82) is 0 Å². The Hall–Kier alpha value is -2.95. The van der Waals surface area contributed by atoms with Crippen molar-refractivity contribution in [2.24, 2.45) is 0 Å². The van der Waals surface area contributed by atoms with Crippen LogP contribution in [0.4, 0.5) is 0 Å². The topological polar surface area (TPSA) is 61.2 Å². The van der Waals surface area contributed by atoms with Crippen molar-refractivity contribution >= 4 is 16.9 Å².